The van der Waals surface area contributed by atoms with Gasteiger partial charge in [-0.25, -0.2) is 9.97 Å². The van der Waals surface area contributed by atoms with Gasteiger partial charge in [0.05, 0.1) is 6.10 Å². The van der Waals surface area contributed by atoms with E-state index in [4.69, 9.17) is 17.3 Å². The summed E-state index contributed by atoms with van der Waals surface area (Å²) >= 11 is 5.90. The molecule has 0 fully saturated rings. The number of hydrogen-bond acceptors (Lipinski definition) is 5. The fourth-order valence-electron chi connectivity index (χ4n) is 1.70. The van der Waals surface area contributed by atoms with E-state index in [1.54, 1.807) is 13.8 Å². The quantitative estimate of drug-likeness (QED) is 0.716. The number of nitrogens with two attached hydrogens (primary N) is 1. The second-order valence-electron chi connectivity index (χ2n) is 4.82. The normalized spacial score (nSPS) is 16.1. The van der Waals surface area contributed by atoms with Crippen molar-refractivity contribution >= 4 is 23.1 Å². The van der Waals surface area contributed by atoms with Crippen LogP contribution < -0.4 is 11.1 Å². The molecule has 0 aliphatic rings. The number of aromatic nitrogens is 2. The lowest BCUT2D eigenvalue weighted by molar-refractivity contribution is 0.128. The zero-order chi connectivity index (χ0) is 13.9. The van der Waals surface area contributed by atoms with Gasteiger partial charge >= 0.3 is 0 Å². The molecule has 102 valence electrons. The summed E-state index contributed by atoms with van der Waals surface area (Å²) in [6.07, 6.45) is 0.486. The van der Waals surface area contributed by atoms with Crippen LogP contribution in [0, 0.1) is 12.8 Å². The van der Waals surface area contributed by atoms with E-state index in [0.717, 1.165) is 6.42 Å². The molecular weight excluding hydrogens is 252 g/mol. The van der Waals surface area contributed by atoms with Crippen molar-refractivity contribution in [3.05, 3.63) is 11.0 Å². The number of anilines is 2. The molecule has 0 spiro atoms. The minimum absolute atomic E-state index is 0.141. The Morgan fingerprint density at radius 1 is 1.33 bits per heavy atom. The van der Waals surface area contributed by atoms with Crippen LogP contribution in [0.4, 0.5) is 11.5 Å². The maximum absolute atomic E-state index is 9.48. The lowest BCUT2D eigenvalue weighted by atomic mass is 9.98. The van der Waals surface area contributed by atoms with Crippen molar-refractivity contribution < 1.29 is 5.11 Å². The van der Waals surface area contributed by atoms with Gasteiger partial charge in [-0.15, -0.1) is 0 Å². The Morgan fingerprint density at radius 3 is 2.50 bits per heavy atom. The van der Waals surface area contributed by atoms with Crippen molar-refractivity contribution in [2.75, 3.05) is 11.1 Å². The number of halogens is 1. The first-order valence-corrected chi connectivity index (χ1v) is 6.43. The van der Waals surface area contributed by atoms with Crippen LogP contribution in [0.3, 0.4) is 0 Å². The van der Waals surface area contributed by atoms with Gasteiger partial charge in [0.2, 0.25) is 0 Å². The van der Waals surface area contributed by atoms with E-state index in [1.165, 1.54) is 0 Å². The van der Waals surface area contributed by atoms with Crippen LogP contribution in [0.1, 0.15) is 33.0 Å². The summed E-state index contributed by atoms with van der Waals surface area (Å²) in [6.45, 7) is 7.57. The Bertz CT molecular complexity index is 411. The number of nitrogens with one attached hydrogen (secondary N) is 1. The van der Waals surface area contributed by atoms with Gasteiger partial charge in [0.15, 0.2) is 11.0 Å². The summed E-state index contributed by atoms with van der Waals surface area (Å²) in [5.74, 6) is 1.33. The molecule has 0 aliphatic heterocycles. The van der Waals surface area contributed by atoms with Crippen LogP contribution in [-0.4, -0.2) is 27.2 Å². The van der Waals surface area contributed by atoms with Crippen molar-refractivity contribution in [2.45, 2.75) is 46.3 Å². The second-order valence-corrected chi connectivity index (χ2v) is 5.18. The maximum Gasteiger partial charge on any atom is 0.157 e. The molecule has 0 saturated carbocycles. The number of aliphatic hydroxyl groups excluding tert-OH is 1. The second kappa shape index (κ2) is 6.20. The summed E-state index contributed by atoms with van der Waals surface area (Å²) in [5.41, 5.74) is 6.18. The number of nitrogen functional groups attached to an aromatic ring is 1. The van der Waals surface area contributed by atoms with E-state index in [0.29, 0.717) is 17.3 Å². The molecule has 1 rings (SSSR count). The first kappa shape index (κ1) is 15.0. The van der Waals surface area contributed by atoms with Crippen molar-refractivity contribution in [3.63, 3.8) is 0 Å². The molecule has 1 heterocycles. The number of aryl methyl sites for hydroxylation is 1. The zero-order valence-corrected chi connectivity index (χ0v) is 12.0. The van der Waals surface area contributed by atoms with Crippen LogP contribution >= 0.6 is 11.6 Å². The third-order valence-electron chi connectivity index (χ3n) is 2.94. The Morgan fingerprint density at radius 2 is 1.94 bits per heavy atom. The van der Waals surface area contributed by atoms with Crippen molar-refractivity contribution in [1.82, 2.24) is 9.97 Å². The molecule has 18 heavy (non-hydrogen) atoms. The highest BCUT2D eigenvalue weighted by Crippen LogP contribution is 2.25. The molecule has 1 aromatic rings. The summed E-state index contributed by atoms with van der Waals surface area (Å²) in [5, 5.41) is 13.0. The molecule has 0 amide bonds. The van der Waals surface area contributed by atoms with Gasteiger partial charge in [-0.2, -0.15) is 0 Å². The fourth-order valence-corrected chi connectivity index (χ4v) is 1.92. The molecule has 5 nitrogen and oxygen atoms in total. The Balaban J connectivity index is 2.73. The summed E-state index contributed by atoms with van der Waals surface area (Å²) < 4.78 is 0. The predicted molar refractivity (Wildman–Crippen MR) is 74.7 cm³/mol. The van der Waals surface area contributed by atoms with Gasteiger partial charge in [0, 0.05) is 6.04 Å². The van der Waals surface area contributed by atoms with E-state index in [1.807, 2.05) is 13.8 Å². The third-order valence-corrected chi connectivity index (χ3v) is 3.23. The maximum atomic E-state index is 9.48. The van der Waals surface area contributed by atoms with Gasteiger partial charge in [0.25, 0.3) is 0 Å². The lowest BCUT2D eigenvalue weighted by Crippen LogP contribution is -2.25. The van der Waals surface area contributed by atoms with Gasteiger partial charge in [-0.3, -0.25) is 0 Å². The molecule has 0 aromatic carbocycles. The summed E-state index contributed by atoms with van der Waals surface area (Å²) in [4.78, 5) is 8.21. The number of rotatable bonds is 5. The first-order chi connectivity index (χ1) is 8.31. The molecule has 3 atom stereocenters. The molecule has 3 unspecified atom stereocenters. The molecule has 6 heteroatoms. The van der Waals surface area contributed by atoms with Crippen LogP contribution in [0.2, 0.25) is 5.15 Å². The fraction of sp³-hybridized carbons (Fsp3) is 0.667. The number of hydrogen-bond donors (Lipinski definition) is 3. The minimum atomic E-state index is -0.331. The Labute approximate surface area is 113 Å². The van der Waals surface area contributed by atoms with E-state index in [2.05, 4.69) is 15.3 Å². The first-order valence-electron chi connectivity index (χ1n) is 6.05. The van der Waals surface area contributed by atoms with E-state index in [9.17, 15) is 5.11 Å². The van der Waals surface area contributed by atoms with E-state index >= 15 is 0 Å². The van der Waals surface area contributed by atoms with Gasteiger partial charge in [-0.05, 0) is 33.1 Å². The number of aliphatic hydroxyl groups is 1. The SMILES string of the molecule is Cc1nc(Cl)c(N)c(NC(C)CC(C)C(C)O)n1. The van der Waals surface area contributed by atoms with E-state index in [-0.39, 0.29) is 23.2 Å². The average molecular weight is 273 g/mol. The average Bonchev–Trinajstić information content (AvgIpc) is 2.24. The van der Waals surface area contributed by atoms with Gasteiger partial charge < -0.3 is 16.2 Å². The van der Waals surface area contributed by atoms with Crippen LogP contribution in [0.25, 0.3) is 0 Å². The van der Waals surface area contributed by atoms with Crippen LogP contribution in [0.15, 0.2) is 0 Å². The van der Waals surface area contributed by atoms with Crippen molar-refractivity contribution in [2.24, 2.45) is 5.92 Å². The van der Waals surface area contributed by atoms with Crippen LogP contribution in [0.5, 0.6) is 0 Å². The van der Waals surface area contributed by atoms with E-state index < -0.39 is 0 Å². The largest absolute Gasteiger partial charge is 0.393 e. The number of nitrogens with zero attached hydrogens (tertiary/aromatic N) is 2. The summed E-state index contributed by atoms with van der Waals surface area (Å²) in [6, 6.07) is 0.141. The topological polar surface area (TPSA) is 84.1 Å². The van der Waals surface area contributed by atoms with Crippen molar-refractivity contribution in [1.29, 1.82) is 0 Å². The Kier molecular flexibility index (Phi) is 5.16. The molecule has 0 aliphatic carbocycles. The summed E-state index contributed by atoms with van der Waals surface area (Å²) in [7, 11) is 0. The molecule has 0 radical (unpaired) electrons. The standard InChI is InChI=1S/C12H21ClN4O/c1-6(8(3)18)5-7(2)15-12-10(14)11(13)16-9(4)17-12/h6-8,18H,5,14H2,1-4H3,(H,15,16,17). The Hall–Kier alpha value is -1.07. The third kappa shape index (κ3) is 3.99. The van der Waals surface area contributed by atoms with Gasteiger partial charge in [-0.1, -0.05) is 18.5 Å². The predicted octanol–water partition coefficient (Wildman–Crippen LogP) is 2.23. The zero-order valence-electron chi connectivity index (χ0n) is 11.2. The minimum Gasteiger partial charge on any atom is -0.393 e. The monoisotopic (exact) mass is 272 g/mol. The molecule has 0 saturated heterocycles. The smallest absolute Gasteiger partial charge is 0.157 e. The highest BCUT2D eigenvalue weighted by molar-refractivity contribution is 6.32. The molecule has 1 aromatic heterocycles. The molecule has 0 bridgehead atoms. The molecule has 4 N–H and O–H groups in total. The highest BCUT2D eigenvalue weighted by atomic mass is 35.5. The highest BCUT2D eigenvalue weighted by Gasteiger charge is 2.15. The van der Waals surface area contributed by atoms with Crippen molar-refractivity contribution in [3.8, 4) is 0 Å². The van der Waals surface area contributed by atoms with Gasteiger partial charge in [0.1, 0.15) is 11.5 Å². The lowest BCUT2D eigenvalue weighted by Gasteiger charge is -2.21. The molecular formula is C12H21ClN4O. The van der Waals surface area contributed by atoms with Crippen LogP contribution in [-0.2, 0) is 0 Å².